The van der Waals surface area contributed by atoms with Crippen molar-refractivity contribution < 1.29 is 9.47 Å². The first-order valence-electron chi connectivity index (χ1n) is 6.09. The summed E-state index contributed by atoms with van der Waals surface area (Å²) in [5.41, 5.74) is 2.13. The maximum absolute atomic E-state index is 5.16. The van der Waals surface area contributed by atoms with Crippen molar-refractivity contribution in [2.24, 2.45) is 0 Å². The molecule has 1 aromatic heterocycles. The molecule has 0 aliphatic rings. The molecule has 2 rings (SSSR count). The van der Waals surface area contributed by atoms with Crippen LogP contribution in [0, 0.1) is 6.92 Å². The van der Waals surface area contributed by atoms with E-state index in [-0.39, 0.29) is 0 Å². The van der Waals surface area contributed by atoms with E-state index < -0.39 is 0 Å². The lowest BCUT2D eigenvalue weighted by atomic mass is 10.1. The Hall–Kier alpha value is -1.59. The van der Waals surface area contributed by atoms with Gasteiger partial charge in [0.1, 0.15) is 5.75 Å². The first-order valence-corrected chi connectivity index (χ1v) is 6.91. The SMILES string of the molecule is COCCNc1nc(-c2ccc(OC)cc2)c(C)s1. The van der Waals surface area contributed by atoms with Crippen LogP contribution in [0.1, 0.15) is 4.88 Å². The Kier molecular flexibility index (Phi) is 4.76. The number of nitrogens with zero attached hydrogens (tertiary/aromatic N) is 1. The van der Waals surface area contributed by atoms with Gasteiger partial charge in [-0.2, -0.15) is 0 Å². The third-order valence-corrected chi connectivity index (χ3v) is 3.67. The van der Waals surface area contributed by atoms with Crippen molar-refractivity contribution in [3.63, 3.8) is 0 Å². The molecule has 0 amide bonds. The average molecular weight is 278 g/mol. The van der Waals surface area contributed by atoms with Gasteiger partial charge in [0.05, 0.1) is 19.4 Å². The molecule has 1 heterocycles. The molecule has 1 N–H and O–H groups in total. The molecule has 0 aliphatic carbocycles. The van der Waals surface area contributed by atoms with E-state index in [1.807, 2.05) is 24.3 Å². The van der Waals surface area contributed by atoms with Crippen molar-refractivity contribution in [3.8, 4) is 17.0 Å². The smallest absolute Gasteiger partial charge is 0.183 e. The van der Waals surface area contributed by atoms with Crippen LogP contribution in [0.15, 0.2) is 24.3 Å². The minimum atomic E-state index is 0.677. The number of ether oxygens (including phenoxy) is 2. The van der Waals surface area contributed by atoms with Gasteiger partial charge in [-0.3, -0.25) is 0 Å². The maximum atomic E-state index is 5.16. The zero-order chi connectivity index (χ0) is 13.7. The third kappa shape index (κ3) is 3.45. The van der Waals surface area contributed by atoms with Gasteiger partial charge in [-0.15, -0.1) is 11.3 Å². The lowest BCUT2D eigenvalue weighted by molar-refractivity contribution is 0.211. The van der Waals surface area contributed by atoms with Gasteiger partial charge < -0.3 is 14.8 Å². The predicted molar refractivity (Wildman–Crippen MR) is 79.2 cm³/mol. The van der Waals surface area contributed by atoms with E-state index in [9.17, 15) is 0 Å². The Balaban J connectivity index is 2.14. The number of aromatic nitrogens is 1. The van der Waals surface area contributed by atoms with Crippen molar-refractivity contribution in [3.05, 3.63) is 29.1 Å². The summed E-state index contributed by atoms with van der Waals surface area (Å²) in [5.74, 6) is 0.857. The van der Waals surface area contributed by atoms with E-state index in [2.05, 4.69) is 17.2 Å². The zero-order valence-corrected chi connectivity index (χ0v) is 12.2. The highest BCUT2D eigenvalue weighted by Crippen LogP contribution is 2.31. The van der Waals surface area contributed by atoms with E-state index >= 15 is 0 Å². The largest absolute Gasteiger partial charge is 0.497 e. The zero-order valence-electron chi connectivity index (χ0n) is 11.4. The lowest BCUT2D eigenvalue weighted by Crippen LogP contribution is -2.06. The molecule has 2 aromatic rings. The molecule has 5 heteroatoms. The maximum Gasteiger partial charge on any atom is 0.183 e. The predicted octanol–water partition coefficient (Wildman–Crippen LogP) is 3.19. The summed E-state index contributed by atoms with van der Waals surface area (Å²) in [7, 11) is 3.36. The second-order valence-corrected chi connectivity index (χ2v) is 5.28. The standard InChI is InChI=1S/C14H18N2O2S/c1-10-13(11-4-6-12(18-3)7-5-11)16-14(19-10)15-8-9-17-2/h4-7H,8-9H2,1-3H3,(H,15,16). The Morgan fingerprint density at radius 3 is 2.58 bits per heavy atom. The molecular formula is C14H18N2O2S. The van der Waals surface area contributed by atoms with Crippen LogP contribution in [-0.2, 0) is 4.74 Å². The summed E-state index contributed by atoms with van der Waals surface area (Å²) >= 11 is 1.66. The highest BCUT2D eigenvalue weighted by atomic mass is 32.1. The van der Waals surface area contributed by atoms with Crippen molar-refractivity contribution in [2.75, 3.05) is 32.7 Å². The second kappa shape index (κ2) is 6.54. The average Bonchev–Trinajstić information content (AvgIpc) is 2.80. The minimum Gasteiger partial charge on any atom is -0.497 e. The van der Waals surface area contributed by atoms with Gasteiger partial charge in [0.2, 0.25) is 0 Å². The van der Waals surface area contributed by atoms with E-state index in [0.29, 0.717) is 6.61 Å². The quantitative estimate of drug-likeness (QED) is 0.824. The summed E-state index contributed by atoms with van der Waals surface area (Å²) < 4.78 is 10.2. The molecule has 19 heavy (non-hydrogen) atoms. The van der Waals surface area contributed by atoms with Crippen LogP contribution in [0.4, 0.5) is 5.13 Å². The van der Waals surface area contributed by atoms with E-state index in [0.717, 1.165) is 28.7 Å². The fraction of sp³-hybridized carbons (Fsp3) is 0.357. The van der Waals surface area contributed by atoms with Crippen LogP contribution in [-0.4, -0.2) is 32.4 Å². The number of thiazole rings is 1. The molecule has 0 saturated heterocycles. The van der Waals surface area contributed by atoms with Crippen LogP contribution < -0.4 is 10.1 Å². The Morgan fingerprint density at radius 2 is 1.95 bits per heavy atom. The minimum absolute atomic E-state index is 0.677. The number of rotatable bonds is 6. The van der Waals surface area contributed by atoms with Gasteiger partial charge in [0, 0.05) is 24.1 Å². The van der Waals surface area contributed by atoms with Crippen LogP contribution in [0.3, 0.4) is 0 Å². The molecule has 4 nitrogen and oxygen atoms in total. The number of hydrogen-bond donors (Lipinski definition) is 1. The van der Waals surface area contributed by atoms with Gasteiger partial charge >= 0.3 is 0 Å². The first kappa shape index (κ1) is 13.8. The van der Waals surface area contributed by atoms with Crippen LogP contribution in [0.25, 0.3) is 11.3 Å². The summed E-state index contributed by atoms with van der Waals surface area (Å²) in [4.78, 5) is 5.82. The number of benzene rings is 1. The van der Waals surface area contributed by atoms with Gasteiger partial charge in [-0.1, -0.05) is 0 Å². The highest BCUT2D eigenvalue weighted by Gasteiger charge is 2.09. The van der Waals surface area contributed by atoms with Gasteiger partial charge in [0.15, 0.2) is 5.13 Å². The third-order valence-electron chi connectivity index (χ3n) is 2.74. The fourth-order valence-electron chi connectivity index (χ4n) is 1.75. The summed E-state index contributed by atoms with van der Waals surface area (Å²) in [6, 6.07) is 7.96. The van der Waals surface area contributed by atoms with E-state index in [4.69, 9.17) is 9.47 Å². The molecule has 0 saturated carbocycles. The van der Waals surface area contributed by atoms with E-state index in [1.165, 1.54) is 4.88 Å². The Labute approximate surface area is 117 Å². The van der Waals surface area contributed by atoms with Crippen molar-refractivity contribution in [2.45, 2.75) is 6.92 Å². The molecule has 0 aliphatic heterocycles. The molecule has 1 aromatic carbocycles. The second-order valence-electron chi connectivity index (χ2n) is 4.07. The molecule has 0 fully saturated rings. The molecule has 0 unspecified atom stereocenters. The molecule has 0 atom stereocenters. The molecular weight excluding hydrogens is 260 g/mol. The van der Waals surface area contributed by atoms with Crippen molar-refractivity contribution in [1.82, 2.24) is 4.98 Å². The summed E-state index contributed by atoms with van der Waals surface area (Å²) in [6.45, 7) is 3.53. The fourth-order valence-corrected chi connectivity index (χ4v) is 2.61. The molecule has 0 bridgehead atoms. The number of anilines is 1. The highest BCUT2D eigenvalue weighted by molar-refractivity contribution is 7.16. The Morgan fingerprint density at radius 1 is 1.21 bits per heavy atom. The lowest BCUT2D eigenvalue weighted by Gasteiger charge is -2.02. The van der Waals surface area contributed by atoms with Gasteiger partial charge in [0.25, 0.3) is 0 Å². The summed E-state index contributed by atoms with van der Waals surface area (Å²) in [5, 5.41) is 4.19. The number of hydrogen-bond acceptors (Lipinski definition) is 5. The monoisotopic (exact) mass is 278 g/mol. The normalized spacial score (nSPS) is 10.5. The van der Waals surface area contributed by atoms with Crippen LogP contribution >= 0.6 is 11.3 Å². The molecule has 102 valence electrons. The number of aryl methyl sites for hydroxylation is 1. The van der Waals surface area contributed by atoms with Gasteiger partial charge in [-0.05, 0) is 31.2 Å². The van der Waals surface area contributed by atoms with Gasteiger partial charge in [-0.25, -0.2) is 4.98 Å². The Bertz CT molecular complexity index is 523. The first-order chi connectivity index (χ1) is 9.24. The number of nitrogens with one attached hydrogen (secondary N) is 1. The molecule has 0 radical (unpaired) electrons. The van der Waals surface area contributed by atoms with Crippen LogP contribution in [0.5, 0.6) is 5.75 Å². The van der Waals surface area contributed by atoms with Crippen molar-refractivity contribution in [1.29, 1.82) is 0 Å². The molecule has 0 spiro atoms. The number of methoxy groups -OCH3 is 2. The van der Waals surface area contributed by atoms with Crippen molar-refractivity contribution >= 4 is 16.5 Å². The summed E-state index contributed by atoms with van der Waals surface area (Å²) in [6.07, 6.45) is 0. The van der Waals surface area contributed by atoms with Crippen LogP contribution in [0.2, 0.25) is 0 Å². The van der Waals surface area contributed by atoms with E-state index in [1.54, 1.807) is 25.6 Å². The topological polar surface area (TPSA) is 43.4 Å².